The molecule has 0 unspecified atom stereocenters. The molecule has 0 bridgehead atoms. The Bertz CT molecular complexity index is 970. The number of hydrogen-bond acceptors (Lipinski definition) is 2. The van der Waals surface area contributed by atoms with E-state index in [0.29, 0.717) is 16.8 Å². The zero-order valence-electron chi connectivity index (χ0n) is 14.2. The van der Waals surface area contributed by atoms with Crippen molar-refractivity contribution in [2.75, 3.05) is 0 Å². The Morgan fingerprint density at radius 1 is 1.04 bits per heavy atom. The molecule has 0 saturated carbocycles. The molecule has 0 aliphatic rings. The summed E-state index contributed by atoms with van der Waals surface area (Å²) in [6.45, 7) is 1.93. The van der Waals surface area contributed by atoms with Gasteiger partial charge in [-0.25, -0.2) is 13.2 Å². The second kappa shape index (κ2) is 7.68. The Morgan fingerprint density at radius 2 is 1.74 bits per heavy atom. The van der Waals surface area contributed by atoms with Gasteiger partial charge in [-0.2, -0.15) is 8.78 Å². The molecule has 0 spiro atoms. The van der Waals surface area contributed by atoms with Gasteiger partial charge in [0.05, 0.1) is 5.56 Å². The molecule has 7 heteroatoms. The first kappa shape index (κ1) is 19.4. The highest BCUT2D eigenvalue weighted by atomic mass is 32.1. The molecule has 0 saturated heterocycles. The van der Waals surface area contributed by atoms with Gasteiger partial charge in [0.2, 0.25) is 0 Å². The standard InChI is InChI=1S/C20H15F5OS/c1-2-3-4-5-15-8-12-6-7-13(9-18(12)27-15)20(24,25)26-14-10-16(21)19(23)17(22)11-14/h2-3,6-11H,4-5H2,1H3/b3-2+. The van der Waals surface area contributed by atoms with Crippen LogP contribution in [-0.2, 0) is 12.5 Å². The van der Waals surface area contributed by atoms with E-state index in [1.807, 2.05) is 25.1 Å². The van der Waals surface area contributed by atoms with E-state index in [-0.39, 0.29) is 0 Å². The summed E-state index contributed by atoms with van der Waals surface area (Å²) in [6.07, 6.45) is 1.81. The quantitative estimate of drug-likeness (QED) is 0.248. The third-order valence-corrected chi connectivity index (χ3v) is 5.06. The highest BCUT2D eigenvalue weighted by Crippen LogP contribution is 2.36. The number of hydrogen-bond donors (Lipinski definition) is 0. The molecule has 0 N–H and O–H groups in total. The Labute approximate surface area is 156 Å². The molecule has 0 aliphatic heterocycles. The van der Waals surface area contributed by atoms with Gasteiger partial charge in [-0.15, -0.1) is 11.3 Å². The van der Waals surface area contributed by atoms with Crippen LogP contribution in [0.3, 0.4) is 0 Å². The number of ether oxygens (including phenoxy) is 1. The molecule has 1 heterocycles. The normalized spacial score (nSPS) is 12.2. The fourth-order valence-electron chi connectivity index (χ4n) is 2.58. The largest absolute Gasteiger partial charge is 0.429 e. The topological polar surface area (TPSA) is 9.23 Å². The van der Waals surface area contributed by atoms with Gasteiger partial charge in [0.1, 0.15) is 5.75 Å². The first-order valence-corrected chi connectivity index (χ1v) is 8.97. The van der Waals surface area contributed by atoms with Crippen LogP contribution in [-0.4, -0.2) is 0 Å². The van der Waals surface area contributed by atoms with E-state index in [0.717, 1.165) is 23.1 Å². The zero-order chi connectivity index (χ0) is 19.6. The van der Waals surface area contributed by atoms with Crippen LogP contribution in [0.4, 0.5) is 22.0 Å². The smallest absolute Gasteiger partial charge is 0.426 e. The first-order valence-electron chi connectivity index (χ1n) is 8.15. The van der Waals surface area contributed by atoms with E-state index in [2.05, 4.69) is 4.74 Å². The molecule has 1 nitrogen and oxygen atoms in total. The van der Waals surface area contributed by atoms with Gasteiger partial charge in [-0.3, -0.25) is 0 Å². The number of fused-ring (bicyclic) bond motifs is 1. The molecule has 0 atom stereocenters. The summed E-state index contributed by atoms with van der Waals surface area (Å²) in [7, 11) is 0. The lowest BCUT2D eigenvalue weighted by Gasteiger charge is -2.18. The molecule has 0 amide bonds. The highest BCUT2D eigenvalue weighted by molar-refractivity contribution is 7.19. The number of alkyl halides is 2. The summed E-state index contributed by atoms with van der Waals surface area (Å²) < 4.78 is 73.3. The van der Waals surface area contributed by atoms with E-state index in [4.69, 9.17) is 0 Å². The van der Waals surface area contributed by atoms with Gasteiger partial charge < -0.3 is 4.74 Å². The molecule has 142 valence electrons. The van der Waals surface area contributed by atoms with Crippen molar-refractivity contribution in [3.05, 3.63) is 76.4 Å². The fraction of sp³-hybridized carbons (Fsp3) is 0.200. The van der Waals surface area contributed by atoms with E-state index in [1.165, 1.54) is 23.5 Å². The molecule has 27 heavy (non-hydrogen) atoms. The lowest BCUT2D eigenvalue weighted by atomic mass is 10.1. The number of thiophene rings is 1. The van der Waals surface area contributed by atoms with Crippen molar-refractivity contribution in [1.29, 1.82) is 0 Å². The monoisotopic (exact) mass is 398 g/mol. The summed E-state index contributed by atoms with van der Waals surface area (Å²) in [5.74, 6) is -5.73. The molecule has 0 radical (unpaired) electrons. The number of rotatable bonds is 6. The summed E-state index contributed by atoms with van der Waals surface area (Å²) in [4.78, 5) is 1.06. The van der Waals surface area contributed by atoms with Crippen LogP contribution in [0.15, 0.2) is 48.6 Å². The van der Waals surface area contributed by atoms with Crippen LogP contribution in [0.2, 0.25) is 0 Å². The van der Waals surface area contributed by atoms with Crippen molar-refractivity contribution < 1.29 is 26.7 Å². The Kier molecular flexibility index (Phi) is 5.51. The molecule has 3 aromatic rings. The van der Waals surface area contributed by atoms with Crippen LogP contribution < -0.4 is 4.74 Å². The van der Waals surface area contributed by atoms with Gasteiger partial charge in [0.15, 0.2) is 17.5 Å². The van der Waals surface area contributed by atoms with Gasteiger partial charge in [0.25, 0.3) is 0 Å². The number of halogens is 5. The minimum atomic E-state index is -3.83. The highest BCUT2D eigenvalue weighted by Gasteiger charge is 2.35. The van der Waals surface area contributed by atoms with Crippen LogP contribution in [0.25, 0.3) is 10.1 Å². The van der Waals surface area contributed by atoms with Crippen LogP contribution in [0, 0.1) is 17.5 Å². The zero-order valence-corrected chi connectivity index (χ0v) is 15.1. The average molecular weight is 398 g/mol. The van der Waals surface area contributed by atoms with Crippen molar-refractivity contribution in [3.63, 3.8) is 0 Å². The first-order chi connectivity index (χ1) is 12.8. The van der Waals surface area contributed by atoms with E-state index in [1.54, 1.807) is 6.07 Å². The molecule has 1 aromatic heterocycles. The maximum atomic E-state index is 14.4. The van der Waals surface area contributed by atoms with Crippen molar-refractivity contribution in [2.24, 2.45) is 0 Å². The Hall–Kier alpha value is -2.41. The molecule has 0 fully saturated rings. The van der Waals surface area contributed by atoms with Gasteiger partial charge in [0, 0.05) is 21.7 Å². The van der Waals surface area contributed by atoms with Gasteiger partial charge >= 0.3 is 6.11 Å². The number of allylic oxidation sites excluding steroid dienone is 2. The fourth-order valence-corrected chi connectivity index (χ4v) is 3.70. The van der Waals surface area contributed by atoms with Crippen LogP contribution >= 0.6 is 11.3 Å². The van der Waals surface area contributed by atoms with E-state index >= 15 is 0 Å². The van der Waals surface area contributed by atoms with Gasteiger partial charge in [-0.05, 0) is 43.4 Å². The van der Waals surface area contributed by atoms with E-state index in [9.17, 15) is 22.0 Å². The van der Waals surface area contributed by atoms with Crippen LogP contribution in [0.5, 0.6) is 5.75 Å². The predicted octanol–water partition coefficient (Wildman–Crippen LogP) is 6.96. The molecule has 0 aliphatic carbocycles. The summed E-state index contributed by atoms with van der Waals surface area (Å²) in [5, 5.41) is 0.828. The van der Waals surface area contributed by atoms with Crippen molar-refractivity contribution in [3.8, 4) is 5.75 Å². The van der Waals surface area contributed by atoms with Crippen molar-refractivity contribution >= 4 is 21.4 Å². The summed E-state index contributed by atoms with van der Waals surface area (Å²) >= 11 is 1.40. The summed E-state index contributed by atoms with van der Waals surface area (Å²) in [5.41, 5.74) is -0.456. The van der Waals surface area contributed by atoms with Crippen molar-refractivity contribution in [2.45, 2.75) is 25.9 Å². The molecule has 2 aromatic carbocycles. The maximum Gasteiger partial charge on any atom is 0.426 e. The number of benzene rings is 2. The van der Waals surface area contributed by atoms with Crippen molar-refractivity contribution in [1.82, 2.24) is 0 Å². The molecular formula is C20H15F5OS. The Balaban J connectivity index is 1.86. The average Bonchev–Trinajstić information content (AvgIpc) is 3.01. The third kappa shape index (κ3) is 4.30. The lowest BCUT2D eigenvalue weighted by molar-refractivity contribution is -0.185. The second-order valence-electron chi connectivity index (χ2n) is 5.89. The predicted molar refractivity (Wildman–Crippen MR) is 95.8 cm³/mol. The molecule has 3 rings (SSSR count). The van der Waals surface area contributed by atoms with Gasteiger partial charge in [-0.1, -0.05) is 18.2 Å². The van der Waals surface area contributed by atoms with Crippen LogP contribution in [0.1, 0.15) is 23.8 Å². The minimum absolute atomic E-state index is 0.384. The Morgan fingerprint density at radius 3 is 2.41 bits per heavy atom. The minimum Gasteiger partial charge on any atom is -0.429 e. The summed E-state index contributed by atoms with van der Waals surface area (Å²) in [6, 6.07) is 6.74. The maximum absolute atomic E-state index is 14.4. The third-order valence-electron chi connectivity index (χ3n) is 3.90. The SMILES string of the molecule is C/C=C/CCc1cc2ccc(C(F)(F)Oc3cc(F)c(F)c(F)c3)cc2s1. The van der Waals surface area contributed by atoms with E-state index < -0.39 is 34.9 Å². The lowest BCUT2D eigenvalue weighted by Crippen LogP contribution is -2.22. The number of aryl methyl sites for hydroxylation is 1. The molecular weight excluding hydrogens is 383 g/mol. The second-order valence-corrected chi connectivity index (χ2v) is 7.06.